The molecule has 2 fully saturated rings. The number of nitrogens with two attached hydrogens (primary N) is 1. The number of anilines is 3. The van der Waals surface area contributed by atoms with Crippen molar-refractivity contribution in [2.24, 2.45) is 5.41 Å². The molecule has 0 bridgehead atoms. The lowest BCUT2D eigenvalue weighted by Gasteiger charge is -2.37. The highest BCUT2D eigenvalue weighted by molar-refractivity contribution is 6.04. The van der Waals surface area contributed by atoms with Crippen molar-refractivity contribution in [3.63, 3.8) is 0 Å². The van der Waals surface area contributed by atoms with E-state index in [0.717, 1.165) is 31.3 Å². The van der Waals surface area contributed by atoms with Crippen LogP contribution in [0.5, 0.6) is 0 Å². The summed E-state index contributed by atoms with van der Waals surface area (Å²) in [6.45, 7) is 1.89. The summed E-state index contributed by atoms with van der Waals surface area (Å²) in [7, 11) is 1.82. The Bertz CT molecular complexity index is 1710. The van der Waals surface area contributed by atoms with Crippen LogP contribution in [0.1, 0.15) is 35.2 Å². The second kappa shape index (κ2) is 9.96. The fourth-order valence-corrected chi connectivity index (χ4v) is 5.76. The van der Waals surface area contributed by atoms with Crippen molar-refractivity contribution >= 4 is 34.9 Å². The maximum atomic E-state index is 15.5. The van der Waals surface area contributed by atoms with Crippen LogP contribution in [-0.4, -0.2) is 62.7 Å². The number of hydrogen-bond acceptors (Lipinski definition) is 7. The number of imidazole rings is 1. The molecule has 14 heteroatoms. The zero-order chi connectivity index (χ0) is 29.8. The summed E-state index contributed by atoms with van der Waals surface area (Å²) in [5.41, 5.74) is 5.40. The standard InChI is InChI=1S/C28H26F4N8O2/c1-38-10-5-27(25(38)42)6-11-39(12-7-27)26-37-21(22-23(33)35-9-13-40(22)26)18-3-2-16(14-19(18)29)24(41)36-20-15-17(4-8-34-20)28(30,31)32/h2-4,8-9,13-15H,5-7,10-12H2,1H3,(H2,33,35)(H,34,36,41). The van der Waals surface area contributed by atoms with Gasteiger partial charge in [-0.25, -0.2) is 19.3 Å². The van der Waals surface area contributed by atoms with Gasteiger partial charge in [0.25, 0.3) is 5.91 Å². The number of nitrogen functional groups attached to an aromatic ring is 1. The normalized spacial score (nSPS) is 16.9. The highest BCUT2D eigenvalue weighted by atomic mass is 19.4. The first-order valence-electron chi connectivity index (χ1n) is 13.2. The molecule has 2 amide bonds. The number of likely N-dealkylation sites (tertiary alicyclic amines) is 1. The van der Waals surface area contributed by atoms with Gasteiger partial charge in [0.15, 0.2) is 0 Å². The van der Waals surface area contributed by atoms with Crippen LogP contribution >= 0.6 is 0 Å². The average Bonchev–Trinajstić information content (AvgIpc) is 3.48. The number of amides is 2. The van der Waals surface area contributed by atoms with Crippen LogP contribution in [0.2, 0.25) is 0 Å². The van der Waals surface area contributed by atoms with E-state index in [2.05, 4.69) is 15.3 Å². The van der Waals surface area contributed by atoms with Crippen molar-refractivity contribution in [3.05, 3.63) is 65.9 Å². The molecule has 2 saturated heterocycles. The molecule has 218 valence electrons. The third-order valence-corrected chi connectivity index (χ3v) is 8.11. The fourth-order valence-electron chi connectivity index (χ4n) is 5.76. The molecule has 3 aromatic heterocycles. The first-order chi connectivity index (χ1) is 20.0. The molecule has 1 spiro atoms. The Hall–Kier alpha value is -4.75. The van der Waals surface area contributed by atoms with Crippen LogP contribution < -0.4 is 16.0 Å². The third kappa shape index (κ3) is 4.65. The minimum atomic E-state index is -4.61. The van der Waals surface area contributed by atoms with E-state index in [1.807, 2.05) is 11.9 Å². The minimum absolute atomic E-state index is 0.0632. The van der Waals surface area contributed by atoms with E-state index in [0.29, 0.717) is 43.5 Å². The van der Waals surface area contributed by atoms with Gasteiger partial charge in [-0.15, -0.1) is 0 Å². The molecular formula is C28H26F4N8O2. The molecule has 5 heterocycles. The first kappa shape index (κ1) is 27.4. The molecule has 4 aromatic rings. The number of halogens is 4. The van der Waals surface area contributed by atoms with Gasteiger partial charge in [-0.05, 0) is 49.6 Å². The van der Waals surface area contributed by atoms with Gasteiger partial charge in [-0.1, -0.05) is 0 Å². The first-order valence-corrected chi connectivity index (χ1v) is 13.2. The van der Waals surface area contributed by atoms with Gasteiger partial charge in [0, 0.05) is 56.4 Å². The summed E-state index contributed by atoms with van der Waals surface area (Å²) in [5, 5.41) is 2.27. The molecule has 6 rings (SSSR count). The monoisotopic (exact) mass is 582 g/mol. The summed E-state index contributed by atoms with van der Waals surface area (Å²) in [6.07, 6.45) is 1.66. The Kier molecular flexibility index (Phi) is 6.50. The number of carbonyl (C=O) groups excluding carboxylic acids is 2. The fraction of sp³-hybridized carbons (Fsp3) is 0.321. The molecule has 0 saturated carbocycles. The lowest BCUT2D eigenvalue weighted by molar-refractivity contribution is -0.137. The Morgan fingerprint density at radius 1 is 1.05 bits per heavy atom. The van der Waals surface area contributed by atoms with Gasteiger partial charge in [0.2, 0.25) is 11.9 Å². The molecule has 0 atom stereocenters. The van der Waals surface area contributed by atoms with Crippen LogP contribution in [-0.2, 0) is 11.0 Å². The molecule has 10 nitrogen and oxygen atoms in total. The van der Waals surface area contributed by atoms with Crippen molar-refractivity contribution in [2.45, 2.75) is 25.4 Å². The molecule has 1 aromatic carbocycles. The number of piperidine rings is 1. The van der Waals surface area contributed by atoms with Gasteiger partial charge in [-0.2, -0.15) is 13.2 Å². The lowest BCUT2D eigenvalue weighted by Crippen LogP contribution is -2.44. The number of benzene rings is 1. The molecule has 3 N–H and O–H groups in total. The number of carbonyl (C=O) groups is 2. The summed E-state index contributed by atoms with van der Waals surface area (Å²) in [6, 6.07) is 5.15. The summed E-state index contributed by atoms with van der Waals surface area (Å²) in [5.74, 6) is -1.12. The van der Waals surface area contributed by atoms with E-state index in [9.17, 15) is 22.8 Å². The number of fused-ring (bicyclic) bond motifs is 1. The Balaban J connectivity index is 1.28. The highest BCUT2D eigenvalue weighted by Gasteiger charge is 2.47. The number of hydrogen-bond donors (Lipinski definition) is 2. The van der Waals surface area contributed by atoms with Crippen molar-refractivity contribution in [3.8, 4) is 11.3 Å². The van der Waals surface area contributed by atoms with E-state index >= 15 is 4.39 Å². The van der Waals surface area contributed by atoms with Crippen LogP contribution in [0.25, 0.3) is 16.8 Å². The van der Waals surface area contributed by atoms with Crippen molar-refractivity contribution < 1.29 is 27.2 Å². The molecule has 42 heavy (non-hydrogen) atoms. The lowest BCUT2D eigenvalue weighted by atomic mass is 9.77. The summed E-state index contributed by atoms with van der Waals surface area (Å²) in [4.78, 5) is 41.9. The number of rotatable bonds is 4. The number of pyridine rings is 1. The number of nitrogens with one attached hydrogen (secondary N) is 1. The van der Waals surface area contributed by atoms with Crippen LogP contribution in [0.3, 0.4) is 0 Å². The topological polar surface area (TPSA) is 122 Å². The second-order valence-corrected chi connectivity index (χ2v) is 10.6. The van der Waals surface area contributed by atoms with E-state index in [-0.39, 0.29) is 39.8 Å². The minimum Gasteiger partial charge on any atom is -0.382 e. The number of alkyl halides is 3. The summed E-state index contributed by atoms with van der Waals surface area (Å²) < 4.78 is 56.3. The summed E-state index contributed by atoms with van der Waals surface area (Å²) >= 11 is 0. The largest absolute Gasteiger partial charge is 0.416 e. The Morgan fingerprint density at radius 3 is 2.45 bits per heavy atom. The van der Waals surface area contributed by atoms with E-state index in [1.165, 1.54) is 18.3 Å². The Labute approximate surface area is 237 Å². The molecule has 0 aliphatic carbocycles. The highest BCUT2D eigenvalue weighted by Crippen LogP contribution is 2.42. The van der Waals surface area contributed by atoms with Gasteiger partial charge in [0.05, 0.1) is 11.0 Å². The SMILES string of the molecule is CN1CCC2(CCN(c3nc(-c4ccc(C(=O)Nc5cc(C(F)(F)F)ccn5)cc4F)c4c(N)nccn34)CC2)C1=O. The predicted molar refractivity (Wildman–Crippen MR) is 146 cm³/mol. The maximum absolute atomic E-state index is 15.5. The predicted octanol–water partition coefficient (Wildman–Crippen LogP) is 4.23. The zero-order valence-corrected chi connectivity index (χ0v) is 22.5. The van der Waals surface area contributed by atoms with Crippen molar-refractivity contribution in [1.29, 1.82) is 0 Å². The van der Waals surface area contributed by atoms with Crippen molar-refractivity contribution in [1.82, 2.24) is 24.3 Å². The van der Waals surface area contributed by atoms with Crippen LogP contribution in [0.4, 0.5) is 35.1 Å². The van der Waals surface area contributed by atoms with E-state index in [4.69, 9.17) is 10.7 Å². The maximum Gasteiger partial charge on any atom is 0.416 e. The zero-order valence-electron chi connectivity index (χ0n) is 22.5. The van der Waals surface area contributed by atoms with Gasteiger partial charge in [-0.3, -0.25) is 14.0 Å². The molecule has 2 aliphatic heterocycles. The van der Waals surface area contributed by atoms with Crippen molar-refractivity contribution in [2.75, 3.05) is 42.6 Å². The number of aromatic nitrogens is 4. The van der Waals surface area contributed by atoms with Gasteiger partial charge in [0.1, 0.15) is 28.7 Å². The second-order valence-electron chi connectivity index (χ2n) is 10.6. The quantitative estimate of drug-likeness (QED) is 0.346. The Morgan fingerprint density at radius 2 is 1.79 bits per heavy atom. The molecule has 2 aliphatic rings. The third-order valence-electron chi connectivity index (χ3n) is 8.11. The van der Waals surface area contributed by atoms with Gasteiger partial charge < -0.3 is 20.9 Å². The van der Waals surface area contributed by atoms with Crippen LogP contribution in [0.15, 0.2) is 48.9 Å². The smallest absolute Gasteiger partial charge is 0.382 e. The number of nitrogens with zero attached hydrogens (tertiary/aromatic N) is 6. The molecular weight excluding hydrogens is 556 g/mol. The van der Waals surface area contributed by atoms with E-state index < -0.39 is 23.5 Å². The van der Waals surface area contributed by atoms with Gasteiger partial charge >= 0.3 is 6.18 Å². The molecule has 0 radical (unpaired) electrons. The average molecular weight is 583 g/mol. The van der Waals surface area contributed by atoms with Crippen LogP contribution in [0, 0.1) is 11.2 Å². The molecule has 0 unspecified atom stereocenters. The van der Waals surface area contributed by atoms with E-state index in [1.54, 1.807) is 15.5 Å².